The Bertz CT molecular complexity index is 630. The lowest BCUT2D eigenvalue weighted by Gasteiger charge is -2.10. The minimum Gasteiger partial charge on any atom is -0.496 e. The van der Waals surface area contributed by atoms with Crippen molar-refractivity contribution in [3.05, 3.63) is 33.5 Å². The molecule has 0 bridgehead atoms. The number of nitrogens with zero attached hydrogens (tertiary/aromatic N) is 2. The average molecular weight is 269 g/mol. The number of nitro benzene ring substituents is 1. The molecule has 0 spiro atoms. The fourth-order valence-corrected chi connectivity index (χ4v) is 1.96. The van der Waals surface area contributed by atoms with Crippen molar-refractivity contribution in [3.63, 3.8) is 0 Å². The highest BCUT2D eigenvalue weighted by Crippen LogP contribution is 2.42. The fraction of sp³-hybridized carbons (Fsp3) is 0.182. The van der Waals surface area contributed by atoms with Crippen molar-refractivity contribution in [2.45, 2.75) is 0 Å². The Morgan fingerprint density at radius 3 is 2.67 bits per heavy atom. The molecule has 6 nitrogen and oxygen atoms in total. The van der Waals surface area contributed by atoms with Gasteiger partial charge in [0.2, 0.25) is 5.75 Å². The zero-order valence-electron chi connectivity index (χ0n) is 9.64. The third kappa shape index (κ3) is 1.80. The van der Waals surface area contributed by atoms with Crippen LogP contribution in [-0.2, 0) is 0 Å². The Balaban J connectivity index is 2.96. The van der Waals surface area contributed by atoms with Gasteiger partial charge in [-0.2, -0.15) is 0 Å². The Morgan fingerprint density at radius 2 is 2.11 bits per heavy atom. The maximum absolute atomic E-state index is 11.0. The lowest BCUT2D eigenvalue weighted by Crippen LogP contribution is -1.98. The largest absolute Gasteiger partial charge is 0.496 e. The number of hydrogen-bond acceptors (Lipinski definition) is 5. The minimum atomic E-state index is -0.552. The second-order valence-corrected chi connectivity index (χ2v) is 3.81. The fourth-order valence-electron chi connectivity index (χ4n) is 1.73. The second kappa shape index (κ2) is 4.66. The molecule has 18 heavy (non-hydrogen) atoms. The zero-order valence-corrected chi connectivity index (χ0v) is 10.4. The molecule has 0 radical (unpaired) electrons. The molecule has 1 heterocycles. The normalized spacial score (nSPS) is 10.4. The number of rotatable bonds is 3. The first kappa shape index (κ1) is 12.4. The van der Waals surface area contributed by atoms with Gasteiger partial charge in [-0.1, -0.05) is 11.6 Å². The van der Waals surface area contributed by atoms with Crippen LogP contribution in [0.1, 0.15) is 0 Å². The molecule has 0 N–H and O–H groups in total. The van der Waals surface area contributed by atoms with Crippen molar-refractivity contribution in [2.75, 3.05) is 14.2 Å². The molecule has 0 fully saturated rings. The van der Waals surface area contributed by atoms with E-state index < -0.39 is 4.92 Å². The number of fused-ring (bicyclic) bond motifs is 1. The zero-order chi connectivity index (χ0) is 13.3. The predicted octanol–water partition coefficient (Wildman–Crippen LogP) is 2.81. The Morgan fingerprint density at radius 1 is 1.39 bits per heavy atom. The van der Waals surface area contributed by atoms with Crippen LogP contribution in [0.4, 0.5) is 5.69 Å². The number of methoxy groups -OCH3 is 2. The molecule has 0 aliphatic carbocycles. The third-order valence-electron chi connectivity index (χ3n) is 2.48. The lowest BCUT2D eigenvalue weighted by molar-refractivity contribution is -0.385. The molecule has 0 aliphatic heterocycles. The van der Waals surface area contributed by atoms with Gasteiger partial charge in [0.05, 0.1) is 35.6 Å². The van der Waals surface area contributed by atoms with Crippen LogP contribution in [0.3, 0.4) is 0 Å². The van der Waals surface area contributed by atoms with E-state index in [1.165, 1.54) is 26.5 Å². The molecule has 1 aromatic heterocycles. The highest BCUT2D eigenvalue weighted by atomic mass is 35.5. The van der Waals surface area contributed by atoms with Crippen LogP contribution < -0.4 is 9.47 Å². The Hall–Kier alpha value is -2.08. The molecule has 7 heteroatoms. The smallest absolute Gasteiger partial charge is 0.316 e. The molecule has 0 saturated heterocycles. The molecule has 0 unspecified atom stereocenters. The van der Waals surface area contributed by atoms with Crippen molar-refractivity contribution in [3.8, 4) is 11.5 Å². The summed E-state index contributed by atoms with van der Waals surface area (Å²) in [7, 11) is 2.76. The van der Waals surface area contributed by atoms with Gasteiger partial charge >= 0.3 is 5.69 Å². The van der Waals surface area contributed by atoms with E-state index >= 15 is 0 Å². The van der Waals surface area contributed by atoms with Gasteiger partial charge in [0, 0.05) is 6.20 Å². The number of benzene rings is 1. The van der Waals surface area contributed by atoms with Gasteiger partial charge in [0.1, 0.15) is 11.3 Å². The number of aromatic nitrogens is 1. The average Bonchev–Trinajstić information content (AvgIpc) is 2.36. The van der Waals surface area contributed by atoms with Crippen molar-refractivity contribution >= 4 is 28.2 Å². The Kier molecular flexibility index (Phi) is 3.20. The maximum Gasteiger partial charge on any atom is 0.316 e. The predicted molar refractivity (Wildman–Crippen MR) is 66.5 cm³/mol. The van der Waals surface area contributed by atoms with Crippen LogP contribution in [0.25, 0.3) is 10.9 Å². The van der Waals surface area contributed by atoms with Gasteiger partial charge < -0.3 is 9.47 Å². The minimum absolute atomic E-state index is 0.0679. The molecule has 2 rings (SSSR count). The summed E-state index contributed by atoms with van der Waals surface area (Å²) < 4.78 is 10.2. The molecule has 0 atom stereocenters. The molecule has 0 aliphatic rings. The van der Waals surface area contributed by atoms with E-state index in [9.17, 15) is 10.1 Å². The first-order valence-corrected chi connectivity index (χ1v) is 5.31. The highest BCUT2D eigenvalue weighted by molar-refractivity contribution is 6.36. The number of pyridine rings is 1. The molecule has 1 aromatic carbocycles. The van der Waals surface area contributed by atoms with E-state index in [0.29, 0.717) is 15.9 Å². The summed E-state index contributed by atoms with van der Waals surface area (Å²) >= 11 is 6.06. The van der Waals surface area contributed by atoms with E-state index in [4.69, 9.17) is 21.1 Å². The van der Waals surface area contributed by atoms with Gasteiger partial charge in [0.15, 0.2) is 0 Å². The summed E-state index contributed by atoms with van der Waals surface area (Å²) in [6.45, 7) is 0. The first-order valence-electron chi connectivity index (χ1n) is 4.93. The first-order chi connectivity index (χ1) is 8.60. The van der Waals surface area contributed by atoms with Crippen molar-refractivity contribution < 1.29 is 14.4 Å². The number of nitro groups is 1. The molecule has 0 saturated carbocycles. The van der Waals surface area contributed by atoms with Crippen molar-refractivity contribution in [1.29, 1.82) is 0 Å². The third-order valence-corrected chi connectivity index (χ3v) is 2.80. The molecule has 0 amide bonds. The van der Waals surface area contributed by atoms with E-state index in [2.05, 4.69) is 4.98 Å². The summed E-state index contributed by atoms with van der Waals surface area (Å²) in [6.07, 6.45) is 1.45. The lowest BCUT2D eigenvalue weighted by atomic mass is 10.1. The molecular formula is C11H9ClN2O4. The van der Waals surface area contributed by atoms with Crippen LogP contribution in [0.15, 0.2) is 18.3 Å². The van der Waals surface area contributed by atoms with E-state index in [0.717, 1.165) is 0 Å². The summed E-state index contributed by atoms with van der Waals surface area (Å²) in [5.41, 5.74) is 0.0904. The highest BCUT2D eigenvalue weighted by Gasteiger charge is 2.23. The van der Waals surface area contributed by atoms with E-state index in [1.54, 1.807) is 6.07 Å². The van der Waals surface area contributed by atoms with Crippen LogP contribution in [0.5, 0.6) is 11.5 Å². The summed E-state index contributed by atoms with van der Waals surface area (Å²) in [5.74, 6) is 0.355. The number of hydrogen-bond donors (Lipinski definition) is 0. The van der Waals surface area contributed by atoms with E-state index in [-0.39, 0.29) is 17.2 Å². The van der Waals surface area contributed by atoms with Crippen LogP contribution in [0, 0.1) is 10.1 Å². The SMILES string of the molecule is COc1c([N+](=O)[O-])cc(OC)c2c(Cl)ccnc12. The van der Waals surface area contributed by atoms with Crippen LogP contribution in [-0.4, -0.2) is 24.1 Å². The van der Waals surface area contributed by atoms with Crippen molar-refractivity contribution in [1.82, 2.24) is 4.98 Å². The summed E-state index contributed by atoms with van der Waals surface area (Å²) in [5, 5.41) is 11.9. The summed E-state index contributed by atoms with van der Waals surface area (Å²) in [4.78, 5) is 14.5. The van der Waals surface area contributed by atoms with Gasteiger partial charge in [-0.05, 0) is 6.07 Å². The standard InChI is InChI=1S/C11H9ClN2O4/c1-17-8-5-7(14(15)16)11(18-2)10-9(8)6(12)3-4-13-10/h3-5H,1-2H3. The monoisotopic (exact) mass is 268 g/mol. The van der Waals surface area contributed by atoms with Crippen LogP contribution in [0.2, 0.25) is 5.02 Å². The van der Waals surface area contributed by atoms with Crippen molar-refractivity contribution in [2.24, 2.45) is 0 Å². The van der Waals surface area contributed by atoms with Gasteiger partial charge in [0.25, 0.3) is 0 Å². The maximum atomic E-state index is 11.0. The molecular weight excluding hydrogens is 260 g/mol. The number of halogens is 1. The van der Waals surface area contributed by atoms with Crippen LogP contribution >= 0.6 is 11.6 Å². The van der Waals surface area contributed by atoms with E-state index in [1.807, 2.05) is 0 Å². The van der Waals surface area contributed by atoms with Gasteiger partial charge in [-0.3, -0.25) is 15.1 Å². The van der Waals surface area contributed by atoms with Gasteiger partial charge in [-0.15, -0.1) is 0 Å². The molecule has 94 valence electrons. The quantitative estimate of drug-likeness (QED) is 0.632. The summed E-state index contributed by atoms with van der Waals surface area (Å²) in [6, 6.07) is 2.85. The second-order valence-electron chi connectivity index (χ2n) is 3.40. The molecule has 2 aromatic rings. The number of ether oxygens (including phenoxy) is 2. The van der Waals surface area contributed by atoms with Gasteiger partial charge in [-0.25, -0.2) is 0 Å². The Labute approximate surface area is 107 Å². The topological polar surface area (TPSA) is 74.5 Å².